The number of ether oxygens (including phenoxy) is 1. The third-order valence-electron chi connectivity index (χ3n) is 3.62. The molecule has 6 heteroatoms. The highest BCUT2D eigenvalue weighted by molar-refractivity contribution is 9.10. The van der Waals surface area contributed by atoms with Crippen molar-refractivity contribution in [1.82, 2.24) is 5.32 Å². The topological polar surface area (TPSA) is 75.6 Å². The fourth-order valence-electron chi connectivity index (χ4n) is 2.43. The van der Waals surface area contributed by atoms with Crippen molar-refractivity contribution in [1.29, 1.82) is 0 Å². The van der Waals surface area contributed by atoms with Crippen LogP contribution < -0.4 is 10.1 Å². The van der Waals surface area contributed by atoms with E-state index in [0.717, 1.165) is 4.47 Å². The Morgan fingerprint density at radius 1 is 1.33 bits per heavy atom. The van der Waals surface area contributed by atoms with Gasteiger partial charge in [0.2, 0.25) is 0 Å². The van der Waals surface area contributed by atoms with E-state index in [9.17, 15) is 9.59 Å². The van der Waals surface area contributed by atoms with E-state index in [4.69, 9.17) is 9.84 Å². The maximum atomic E-state index is 12.1. The second-order valence-electron chi connectivity index (χ2n) is 5.27. The molecule has 1 aliphatic carbocycles. The van der Waals surface area contributed by atoms with E-state index in [1.165, 1.54) is 0 Å². The van der Waals surface area contributed by atoms with Gasteiger partial charge in [0.15, 0.2) is 6.10 Å². The molecule has 0 aromatic heterocycles. The van der Waals surface area contributed by atoms with Crippen LogP contribution in [-0.4, -0.2) is 29.1 Å². The minimum Gasteiger partial charge on any atom is -0.481 e. The Hall–Kier alpha value is -1.56. The lowest BCUT2D eigenvalue weighted by Crippen LogP contribution is -2.41. The molecule has 114 valence electrons. The van der Waals surface area contributed by atoms with Crippen LogP contribution >= 0.6 is 15.9 Å². The van der Waals surface area contributed by atoms with Crippen molar-refractivity contribution in [3.63, 3.8) is 0 Å². The number of rotatable bonds is 5. The highest BCUT2D eigenvalue weighted by Crippen LogP contribution is 2.25. The number of carbonyl (C=O) groups is 2. The first-order valence-corrected chi connectivity index (χ1v) is 7.70. The Balaban J connectivity index is 1.83. The van der Waals surface area contributed by atoms with Crippen LogP contribution in [0, 0.1) is 5.92 Å². The van der Waals surface area contributed by atoms with Gasteiger partial charge >= 0.3 is 5.97 Å². The van der Waals surface area contributed by atoms with Crippen molar-refractivity contribution in [2.24, 2.45) is 5.92 Å². The normalized spacial score (nSPS) is 22.6. The van der Waals surface area contributed by atoms with E-state index in [0.29, 0.717) is 25.0 Å². The van der Waals surface area contributed by atoms with Gasteiger partial charge in [0.05, 0.1) is 5.92 Å². The van der Waals surface area contributed by atoms with Gasteiger partial charge in [-0.25, -0.2) is 0 Å². The number of hydrogen-bond donors (Lipinski definition) is 2. The summed E-state index contributed by atoms with van der Waals surface area (Å²) in [7, 11) is 0. The first kappa shape index (κ1) is 15.8. The second kappa shape index (κ2) is 6.93. The van der Waals surface area contributed by atoms with Crippen molar-refractivity contribution in [2.45, 2.75) is 38.3 Å². The molecule has 1 amide bonds. The van der Waals surface area contributed by atoms with E-state index in [1.807, 2.05) is 12.1 Å². The molecule has 0 bridgehead atoms. The molecule has 21 heavy (non-hydrogen) atoms. The average Bonchev–Trinajstić information content (AvgIpc) is 2.90. The van der Waals surface area contributed by atoms with E-state index >= 15 is 0 Å². The summed E-state index contributed by atoms with van der Waals surface area (Å²) in [5.74, 6) is -0.728. The van der Waals surface area contributed by atoms with Gasteiger partial charge in [0, 0.05) is 10.5 Å². The van der Waals surface area contributed by atoms with Gasteiger partial charge in [-0.15, -0.1) is 0 Å². The van der Waals surface area contributed by atoms with Crippen molar-refractivity contribution >= 4 is 27.8 Å². The number of aliphatic carboxylic acids is 1. The lowest BCUT2D eigenvalue weighted by Gasteiger charge is -2.18. The highest BCUT2D eigenvalue weighted by Gasteiger charge is 2.31. The first-order chi connectivity index (χ1) is 9.95. The van der Waals surface area contributed by atoms with Gasteiger partial charge in [0.25, 0.3) is 5.91 Å². The summed E-state index contributed by atoms with van der Waals surface area (Å²) in [5.41, 5.74) is 0. The number of hydrogen-bond acceptors (Lipinski definition) is 3. The smallest absolute Gasteiger partial charge is 0.306 e. The average molecular weight is 356 g/mol. The summed E-state index contributed by atoms with van der Waals surface area (Å²) in [6.45, 7) is 1.68. The molecular formula is C15H18BrNO4. The molecule has 0 saturated heterocycles. The van der Waals surface area contributed by atoms with Crippen LogP contribution in [0.4, 0.5) is 0 Å². The predicted molar refractivity (Wildman–Crippen MR) is 81.1 cm³/mol. The fourth-order valence-corrected chi connectivity index (χ4v) is 2.69. The number of carboxylic acids is 1. The van der Waals surface area contributed by atoms with Crippen molar-refractivity contribution < 1.29 is 19.4 Å². The molecular weight excluding hydrogens is 338 g/mol. The maximum Gasteiger partial charge on any atom is 0.306 e. The minimum absolute atomic E-state index is 0.0745. The van der Waals surface area contributed by atoms with E-state index in [1.54, 1.807) is 19.1 Å². The van der Waals surface area contributed by atoms with Crippen molar-refractivity contribution in [3.8, 4) is 5.75 Å². The molecule has 0 radical (unpaired) electrons. The largest absolute Gasteiger partial charge is 0.481 e. The third-order valence-corrected chi connectivity index (χ3v) is 4.15. The monoisotopic (exact) mass is 355 g/mol. The summed E-state index contributed by atoms with van der Waals surface area (Å²) < 4.78 is 6.51. The van der Waals surface area contributed by atoms with Crippen LogP contribution in [0.15, 0.2) is 28.7 Å². The van der Waals surface area contributed by atoms with E-state index in [-0.39, 0.29) is 17.9 Å². The van der Waals surface area contributed by atoms with Gasteiger partial charge in [-0.3, -0.25) is 9.59 Å². The summed E-state index contributed by atoms with van der Waals surface area (Å²) in [6.07, 6.45) is 1.19. The van der Waals surface area contributed by atoms with Crippen LogP contribution in [-0.2, 0) is 9.59 Å². The lowest BCUT2D eigenvalue weighted by molar-refractivity contribution is -0.141. The zero-order chi connectivity index (χ0) is 15.4. The molecule has 5 nitrogen and oxygen atoms in total. The SMILES string of the molecule is CC(Oc1ccc(Br)cc1)C(=O)N[C@@H]1CC[C@H](C(=O)O)C1. The van der Waals surface area contributed by atoms with E-state index < -0.39 is 12.1 Å². The number of carbonyl (C=O) groups excluding carboxylic acids is 1. The molecule has 1 fully saturated rings. The number of halogens is 1. The Morgan fingerprint density at radius 3 is 2.57 bits per heavy atom. The molecule has 2 N–H and O–H groups in total. The zero-order valence-corrected chi connectivity index (χ0v) is 13.3. The van der Waals surface area contributed by atoms with Gasteiger partial charge in [0.1, 0.15) is 5.75 Å². The number of amides is 1. The minimum atomic E-state index is -0.786. The quantitative estimate of drug-likeness (QED) is 0.850. The van der Waals surface area contributed by atoms with Gasteiger partial charge in [-0.2, -0.15) is 0 Å². The third kappa shape index (κ3) is 4.46. The van der Waals surface area contributed by atoms with Gasteiger partial charge in [-0.05, 0) is 50.5 Å². The lowest BCUT2D eigenvalue weighted by atomic mass is 10.1. The molecule has 0 heterocycles. The molecule has 1 aromatic carbocycles. The Bertz CT molecular complexity index is 517. The molecule has 3 atom stereocenters. The van der Waals surface area contributed by atoms with Crippen LogP contribution in [0.5, 0.6) is 5.75 Å². The van der Waals surface area contributed by atoms with Gasteiger partial charge < -0.3 is 15.2 Å². The Labute approximate surface area is 131 Å². The molecule has 1 unspecified atom stereocenters. The van der Waals surface area contributed by atoms with Crippen LogP contribution in [0.1, 0.15) is 26.2 Å². The molecule has 2 rings (SSSR count). The van der Waals surface area contributed by atoms with E-state index in [2.05, 4.69) is 21.2 Å². The van der Waals surface area contributed by atoms with Crippen molar-refractivity contribution in [2.75, 3.05) is 0 Å². The zero-order valence-electron chi connectivity index (χ0n) is 11.7. The second-order valence-corrected chi connectivity index (χ2v) is 6.18. The number of carboxylic acid groups (broad SMARTS) is 1. The van der Waals surface area contributed by atoms with Crippen LogP contribution in [0.2, 0.25) is 0 Å². The number of benzene rings is 1. The molecule has 1 aliphatic rings. The molecule has 1 aromatic rings. The predicted octanol–water partition coefficient (Wildman–Crippen LogP) is 2.59. The standard InChI is InChI=1S/C15H18BrNO4/c1-9(21-13-6-3-11(16)4-7-13)14(18)17-12-5-2-10(8-12)15(19)20/h3-4,6-7,9-10,12H,2,5,8H2,1H3,(H,17,18)(H,19,20)/t9?,10-,12+/m0/s1. The first-order valence-electron chi connectivity index (χ1n) is 6.91. The molecule has 0 spiro atoms. The molecule has 0 aliphatic heterocycles. The summed E-state index contributed by atoms with van der Waals surface area (Å²) >= 11 is 3.33. The van der Waals surface area contributed by atoms with Crippen molar-refractivity contribution in [3.05, 3.63) is 28.7 Å². The summed E-state index contributed by atoms with van der Waals surface area (Å²) in [6, 6.07) is 7.17. The Morgan fingerprint density at radius 2 is 2.00 bits per heavy atom. The highest BCUT2D eigenvalue weighted by atomic mass is 79.9. The fraction of sp³-hybridized carbons (Fsp3) is 0.467. The van der Waals surface area contributed by atoms with Crippen LogP contribution in [0.3, 0.4) is 0 Å². The van der Waals surface area contributed by atoms with Crippen LogP contribution in [0.25, 0.3) is 0 Å². The Kier molecular flexibility index (Phi) is 5.22. The summed E-state index contributed by atoms with van der Waals surface area (Å²) in [4.78, 5) is 22.9. The number of nitrogens with one attached hydrogen (secondary N) is 1. The summed E-state index contributed by atoms with van der Waals surface area (Å²) in [5, 5.41) is 11.8. The van der Waals surface area contributed by atoms with Gasteiger partial charge in [-0.1, -0.05) is 15.9 Å². The maximum absolute atomic E-state index is 12.1. The molecule has 1 saturated carbocycles.